The Labute approximate surface area is 179 Å². The third-order valence-electron chi connectivity index (χ3n) is 4.78. The van der Waals surface area contributed by atoms with Crippen molar-refractivity contribution in [1.29, 1.82) is 0 Å². The minimum absolute atomic E-state index is 0.0895. The molecule has 0 aliphatic rings. The molecule has 1 heterocycles. The van der Waals surface area contributed by atoms with Gasteiger partial charge in [-0.15, -0.1) is 0 Å². The topological polar surface area (TPSA) is 77.8 Å². The zero-order valence-electron chi connectivity index (χ0n) is 17.2. The first-order valence-corrected chi connectivity index (χ1v) is 9.73. The molecule has 4 aromatic rings. The summed E-state index contributed by atoms with van der Waals surface area (Å²) >= 11 is 0. The monoisotopic (exact) mass is 415 g/mol. The summed E-state index contributed by atoms with van der Waals surface area (Å²) in [5.74, 6) is 1.42. The molecule has 0 aliphatic carbocycles. The molecule has 4 rings (SSSR count). The summed E-state index contributed by atoms with van der Waals surface area (Å²) in [6, 6.07) is 21.1. The van der Waals surface area contributed by atoms with Crippen LogP contribution >= 0.6 is 0 Å². The van der Waals surface area contributed by atoms with Gasteiger partial charge in [0.05, 0.1) is 12.5 Å². The number of methoxy groups -OCH3 is 1. The first kappa shape index (κ1) is 20.2. The van der Waals surface area contributed by atoms with Gasteiger partial charge >= 0.3 is 0 Å². The minimum atomic E-state index is -0.264. The van der Waals surface area contributed by atoms with Crippen LogP contribution in [-0.4, -0.2) is 19.6 Å². The number of anilines is 1. The fourth-order valence-electron chi connectivity index (χ4n) is 3.10. The number of hydrogen-bond acceptors (Lipinski definition) is 5. The lowest BCUT2D eigenvalue weighted by molar-refractivity contribution is -0.118. The number of benzene rings is 3. The number of hydrogen-bond donors (Lipinski definition) is 1. The summed E-state index contributed by atoms with van der Waals surface area (Å²) in [6.45, 7) is 1.90. The van der Waals surface area contributed by atoms with E-state index < -0.39 is 0 Å². The van der Waals surface area contributed by atoms with Crippen LogP contribution in [0.2, 0.25) is 0 Å². The van der Waals surface area contributed by atoms with Gasteiger partial charge in [-0.05, 0) is 61.5 Å². The molecule has 0 atom stereocenters. The van der Waals surface area contributed by atoms with Gasteiger partial charge in [0.15, 0.2) is 12.0 Å². The van der Waals surface area contributed by atoms with Gasteiger partial charge in [-0.2, -0.15) is 0 Å². The molecule has 1 amide bonds. The maximum absolute atomic E-state index is 12.5. The number of nitrogens with one attached hydrogen (secondary N) is 1. The molecule has 0 aliphatic heterocycles. The van der Waals surface area contributed by atoms with Gasteiger partial charge < -0.3 is 19.2 Å². The van der Waals surface area contributed by atoms with E-state index in [1.165, 1.54) is 6.07 Å². The van der Waals surface area contributed by atoms with E-state index in [2.05, 4.69) is 5.32 Å². The first-order chi connectivity index (χ1) is 15.0. The molecule has 0 radical (unpaired) electrons. The largest absolute Gasteiger partial charge is 0.497 e. The lowest BCUT2D eigenvalue weighted by Crippen LogP contribution is -2.20. The predicted octanol–water partition coefficient (Wildman–Crippen LogP) is 4.79. The molecule has 31 heavy (non-hydrogen) atoms. The highest BCUT2D eigenvalue weighted by atomic mass is 16.5. The molecule has 0 fully saturated rings. The van der Waals surface area contributed by atoms with Gasteiger partial charge in [0, 0.05) is 17.3 Å². The Balaban J connectivity index is 1.44. The van der Waals surface area contributed by atoms with Crippen molar-refractivity contribution in [3.8, 4) is 22.8 Å². The van der Waals surface area contributed by atoms with E-state index in [9.17, 15) is 9.59 Å². The Morgan fingerprint density at radius 2 is 1.65 bits per heavy atom. The Morgan fingerprint density at radius 3 is 2.35 bits per heavy atom. The number of ether oxygens (including phenoxy) is 2. The highest BCUT2D eigenvalue weighted by Gasteiger charge is 2.09. The Hall–Kier alpha value is -4.06. The van der Waals surface area contributed by atoms with Gasteiger partial charge in [-0.1, -0.05) is 17.7 Å². The highest BCUT2D eigenvalue weighted by Crippen LogP contribution is 2.25. The average Bonchev–Trinajstić information content (AvgIpc) is 2.79. The van der Waals surface area contributed by atoms with Gasteiger partial charge in [-0.25, -0.2) is 0 Å². The van der Waals surface area contributed by atoms with E-state index in [0.29, 0.717) is 33.9 Å². The van der Waals surface area contributed by atoms with Gasteiger partial charge in [-0.3, -0.25) is 9.59 Å². The van der Waals surface area contributed by atoms with Crippen molar-refractivity contribution < 1.29 is 18.7 Å². The molecular formula is C25H21NO5. The van der Waals surface area contributed by atoms with Crippen LogP contribution in [0.25, 0.3) is 22.3 Å². The second-order valence-electron chi connectivity index (χ2n) is 7.06. The summed E-state index contributed by atoms with van der Waals surface area (Å²) in [6.07, 6.45) is 0. The smallest absolute Gasteiger partial charge is 0.262 e. The molecule has 0 saturated carbocycles. The third kappa shape index (κ3) is 4.75. The first-order valence-electron chi connectivity index (χ1n) is 9.73. The molecule has 0 spiro atoms. The lowest BCUT2D eigenvalue weighted by Gasteiger charge is -2.09. The molecule has 0 unspecified atom stereocenters. The molecule has 6 heteroatoms. The zero-order chi connectivity index (χ0) is 21.8. The summed E-state index contributed by atoms with van der Waals surface area (Å²) < 4.78 is 16.5. The standard InChI is InChI=1S/C25H21NO5/c1-16-3-9-19(10-4-16)30-15-25(28)26-18-7-5-17(6-8-18)24-14-22(27)21-13-20(29-2)11-12-23(21)31-24/h3-14H,15H2,1-2H3,(H,26,28). The summed E-state index contributed by atoms with van der Waals surface area (Å²) in [5, 5.41) is 3.24. The third-order valence-corrected chi connectivity index (χ3v) is 4.78. The summed E-state index contributed by atoms with van der Waals surface area (Å²) in [5.41, 5.74) is 2.80. The van der Waals surface area contributed by atoms with Crippen molar-refractivity contribution in [2.75, 3.05) is 19.0 Å². The second-order valence-corrected chi connectivity index (χ2v) is 7.06. The van der Waals surface area contributed by atoms with Gasteiger partial charge in [0.25, 0.3) is 5.91 Å². The van der Waals surface area contributed by atoms with Crippen LogP contribution in [0.15, 0.2) is 82.0 Å². The molecule has 156 valence electrons. The van der Waals surface area contributed by atoms with Crippen molar-refractivity contribution in [2.24, 2.45) is 0 Å². The van der Waals surface area contributed by atoms with Gasteiger partial charge in [0.2, 0.25) is 0 Å². The van der Waals surface area contributed by atoms with E-state index >= 15 is 0 Å². The molecular weight excluding hydrogens is 394 g/mol. The maximum Gasteiger partial charge on any atom is 0.262 e. The van der Waals surface area contributed by atoms with E-state index in [4.69, 9.17) is 13.9 Å². The normalized spacial score (nSPS) is 10.6. The average molecular weight is 415 g/mol. The number of fused-ring (bicyclic) bond motifs is 1. The van der Waals surface area contributed by atoms with Crippen molar-refractivity contribution >= 4 is 22.6 Å². The predicted molar refractivity (Wildman–Crippen MR) is 120 cm³/mol. The maximum atomic E-state index is 12.5. The van der Waals surface area contributed by atoms with Gasteiger partial charge in [0.1, 0.15) is 22.8 Å². The molecule has 6 nitrogen and oxygen atoms in total. The van der Waals surface area contributed by atoms with Crippen molar-refractivity contribution in [2.45, 2.75) is 6.92 Å². The van der Waals surface area contributed by atoms with Crippen LogP contribution < -0.4 is 20.2 Å². The molecule has 0 saturated heterocycles. The van der Waals surface area contributed by atoms with E-state index in [1.54, 1.807) is 49.6 Å². The van der Waals surface area contributed by atoms with Crippen LogP contribution in [0.4, 0.5) is 5.69 Å². The van der Waals surface area contributed by atoms with Crippen LogP contribution in [0.1, 0.15) is 5.56 Å². The molecule has 0 bridgehead atoms. The molecule has 1 aromatic heterocycles. The Bertz CT molecular complexity index is 1270. The van der Waals surface area contributed by atoms with Crippen LogP contribution in [0.3, 0.4) is 0 Å². The number of rotatable bonds is 6. The van der Waals surface area contributed by atoms with E-state index in [-0.39, 0.29) is 17.9 Å². The fourth-order valence-corrected chi connectivity index (χ4v) is 3.10. The van der Waals surface area contributed by atoms with Crippen molar-refractivity contribution in [1.82, 2.24) is 0 Å². The molecule has 3 aromatic carbocycles. The minimum Gasteiger partial charge on any atom is -0.497 e. The van der Waals surface area contributed by atoms with Crippen LogP contribution in [-0.2, 0) is 4.79 Å². The van der Waals surface area contributed by atoms with E-state index in [0.717, 1.165) is 11.1 Å². The fraction of sp³-hybridized carbons (Fsp3) is 0.120. The van der Waals surface area contributed by atoms with Crippen LogP contribution in [0, 0.1) is 6.92 Å². The number of aryl methyl sites for hydroxylation is 1. The van der Waals surface area contributed by atoms with Crippen LogP contribution in [0.5, 0.6) is 11.5 Å². The Kier molecular flexibility index (Phi) is 5.71. The van der Waals surface area contributed by atoms with Crippen molar-refractivity contribution in [3.05, 3.63) is 88.6 Å². The quantitative estimate of drug-likeness (QED) is 0.490. The lowest BCUT2D eigenvalue weighted by atomic mass is 10.1. The Morgan fingerprint density at radius 1 is 0.935 bits per heavy atom. The van der Waals surface area contributed by atoms with Crippen molar-refractivity contribution in [3.63, 3.8) is 0 Å². The van der Waals surface area contributed by atoms with E-state index in [1.807, 2.05) is 31.2 Å². The number of carbonyl (C=O) groups excluding carboxylic acids is 1. The highest BCUT2D eigenvalue weighted by molar-refractivity contribution is 5.92. The summed E-state index contributed by atoms with van der Waals surface area (Å²) in [4.78, 5) is 24.6. The SMILES string of the molecule is COc1ccc2oc(-c3ccc(NC(=O)COc4ccc(C)cc4)cc3)cc(=O)c2c1. The number of carbonyl (C=O) groups is 1. The molecule has 1 N–H and O–H groups in total. The zero-order valence-corrected chi connectivity index (χ0v) is 17.2. The number of amides is 1. The summed E-state index contributed by atoms with van der Waals surface area (Å²) in [7, 11) is 1.55. The second kappa shape index (κ2) is 8.75.